The highest BCUT2D eigenvalue weighted by atomic mass is 16.4. The standard InChI is InChI=1S/C17H18O2/c1-13(2)16(3)9-11-17(12-10-16,15(18)19)14-7-5-4-6-8-14/h4-12H,1H2,2-3H3,(H,18,19). The van der Waals surface area contributed by atoms with Gasteiger partial charge in [0.2, 0.25) is 0 Å². The van der Waals surface area contributed by atoms with Gasteiger partial charge in [-0.2, -0.15) is 0 Å². The number of allylic oxidation sites excluding steroid dienone is 3. The normalized spacial score (nSPS) is 29.2. The summed E-state index contributed by atoms with van der Waals surface area (Å²) in [5.74, 6) is -0.866. The number of rotatable bonds is 3. The first-order valence-corrected chi connectivity index (χ1v) is 6.26. The van der Waals surface area contributed by atoms with Crippen LogP contribution >= 0.6 is 0 Å². The summed E-state index contributed by atoms with van der Waals surface area (Å²) in [6.45, 7) is 7.94. The van der Waals surface area contributed by atoms with E-state index in [0.29, 0.717) is 0 Å². The van der Waals surface area contributed by atoms with Crippen molar-refractivity contribution in [1.29, 1.82) is 0 Å². The van der Waals surface area contributed by atoms with Crippen LogP contribution in [0.25, 0.3) is 0 Å². The van der Waals surface area contributed by atoms with Crippen molar-refractivity contribution in [3.05, 3.63) is 72.4 Å². The third kappa shape index (κ3) is 2.14. The van der Waals surface area contributed by atoms with Gasteiger partial charge in [0.15, 0.2) is 0 Å². The smallest absolute Gasteiger partial charge is 0.321 e. The number of hydrogen-bond acceptors (Lipinski definition) is 1. The van der Waals surface area contributed by atoms with Crippen molar-refractivity contribution < 1.29 is 9.90 Å². The zero-order valence-corrected chi connectivity index (χ0v) is 11.3. The van der Waals surface area contributed by atoms with Crippen LogP contribution in [0, 0.1) is 5.41 Å². The fourth-order valence-electron chi connectivity index (χ4n) is 2.18. The molecule has 1 aromatic carbocycles. The van der Waals surface area contributed by atoms with E-state index < -0.39 is 11.4 Å². The Kier molecular flexibility index (Phi) is 3.19. The average Bonchev–Trinajstić information content (AvgIpc) is 2.40. The third-order valence-corrected chi connectivity index (χ3v) is 3.91. The molecule has 0 aliphatic heterocycles. The van der Waals surface area contributed by atoms with Gasteiger partial charge in [-0.25, -0.2) is 0 Å². The van der Waals surface area contributed by atoms with Crippen LogP contribution in [0.1, 0.15) is 19.4 Å². The molecule has 0 aromatic heterocycles. The van der Waals surface area contributed by atoms with Gasteiger partial charge in [-0.1, -0.05) is 66.8 Å². The van der Waals surface area contributed by atoms with Crippen LogP contribution < -0.4 is 0 Å². The van der Waals surface area contributed by atoms with Gasteiger partial charge >= 0.3 is 5.97 Å². The highest BCUT2D eigenvalue weighted by Crippen LogP contribution is 2.39. The number of carbonyl (C=O) groups is 1. The summed E-state index contributed by atoms with van der Waals surface area (Å²) < 4.78 is 0. The van der Waals surface area contributed by atoms with E-state index in [-0.39, 0.29) is 5.41 Å². The number of carboxylic acids is 1. The molecule has 0 atom stereocenters. The van der Waals surface area contributed by atoms with Crippen LogP contribution in [-0.4, -0.2) is 11.1 Å². The topological polar surface area (TPSA) is 37.3 Å². The predicted molar refractivity (Wildman–Crippen MR) is 77.0 cm³/mol. The van der Waals surface area contributed by atoms with E-state index in [0.717, 1.165) is 11.1 Å². The second kappa shape index (κ2) is 4.54. The molecule has 0 amide bonds. The minimum absolute atomic E-state index is 0.270. The second-order valence-corrected chi connectivity index (χ2v) is 5.27. The van der Waals surface area contributed by atoms with Gasteiger partial charge in [-0.3, -0.25) is 4.79 Å². The van der Waals surface area contributed by atoms with Gasteiger partial charge in [0.05, 0.1) is 0 Å². The lowest BCUT2D eigenvalue weighted by atomic mass is 9.70. The van der Waals surface area contributed by atoms with Gasteiger partial charge in [0.1, 0.15) is 5.41 Å². The van der Waals surface area contributed by atoms with Crippen molar-refractivity contribution in [2.45, 2.75) is 19.3 Å². The maximum Gasteiger partial charge on any atom is 0.321 e. The molecular formula is C17H18O2. The third-order valence-electron chi connectivity index (χ3n) is 3.91. The summed E-state index contributed by atoms with van der Waals surface area (Å²) in [5.41, 5.74) is 0.412. The molecule has 0 spiro atoms. The molecule has 1 aromatic rings. The quantitative estimate of drug-likeness (QED) is 0.835. The van der Waals surface area contributed by atoms with E-state index in [1.54, 1.807) is 12.2 Å². The summed E-state index contributed by atoms with van der Waals surface area (Å²) in [6, 6.07) is 9.27. The number of carboxylic acid groups (broad SMARTS) is 1. The molecule has 0 unspecified atom stereocenters. The lowest BCUT2D eigenvalue weighted by molar-refractivity contribution is -0.140. The van der Waals surface area contributed by atoms with Crippen LogP contribution in [0.3, 0.4) is 0 Å². The molecule has 98 valence electrons. The van der Waals surface area contributed by atoms with Crippen molar-refractivity contribution in [2.24, 2.45) is 5.41 Å². The SMILES string of the molecule is C=C(C)C1(C)C=CC(C(=O)O)(c2ccccc2)C=C1. The first-order valence-electron chi connectivity index (χ1n) is 6.26. The summed E-state index contributed by atoms with van der Waals surface area (Å²) >= 11 is 0. The monoisotopic (exact) mass is 254 g/mol. The van der Waals surface area contributed by atoms with Crippen molar-refractivity contribution in [1.82, 2.24) is 0 Å². The highest BCUT2D eigenvalue weighted by molar-refractivity contribution is 5.87. The Bertz CT molecular complexity index is 550. The zero-order valence-electron chi connectivity index (χ0n) is 11.3. The zero-order chi connectivity index (χ0) is 14.1. The van der Waals surface area contributed by atoms with Gasteiger partial charge < -0.3 is 5.11 Å². The fourth-order valence-corrected chi connectivity index (χ4v) is 2.18. The molecule has 0 radical (unpaired) electrons. The minimum Gasteiger partial charge on any atom is -0.480 e. The fraction of sp³-hybridized carbons (Fsp3) is 0.235. The summed E-state index contributed by atoms with van der Waals surface area (Å²) in [5, 5.41) is 9.63. The van der Waals surface area contributed by atoms with E-state index in [2.05, 4.69) is 6.58 Å². The minimum atomic E-state index is -1.07. The summed E-state index contributed by atoms with van der Waals surface area (Å²) in [6.07, 6.45) is 7.38. The lowest BCUT2D eigenvalue weighted by Crippen LogP contribution is -2.35. The molecule has 19 heavy (non-hydrogen) atoms. The maximum absolute atomic E-state index is 11.7. The molecule has 1 N–H and O–H groups in total. The first kappa shape index (κ1) is 13.3. The molecule has 2 heteroatoms. The summed E-state index contributed by atoms with van der Waals surface area (Å²) in [7, 11) is 0. The lowest BCUT2D eigenvalue weighted by Gasteiger charge is -2.33. The Hall–Kier alpha value is -2.09. The molecule has 0 saturated carbocycles. The number of benzene rings is 1. The van der Waals surface area contributed by atoms with Gasteiger partial charge in [-0.05, 0) is 19.4 Å². The van der Waals surface area contributed by atoms with E-state index >= 15 is 0 Å². The van der Waals surface area contributed by atoms with Crippen molar-refractivity contribution >= 4 is 5.97 Å². The Labute approximate surface area is 113 Å². The number of aliphatic carboxylic acids is 1. The first-order chi connectivity index (χ1) is 8.91. The maximum atomic E-state index is 11.7. The molecule has 0 saturated heterocycles. The van der Waals surface area contributed by atoms with Crippen LogP contribution in [0.2, 0.25) is 0 Å². The van der Waals surface area contributed by atoms with Crippen LogP contribution in [-0.2, 0) is 10.2 Å². The molecule has 0 bridgehead atoms. The Morgan fingerprint density at radius 2 is 1.63 bits per heavy atom. The van der Waals surface area contributed by atoms with E-state index in [9.17, 15) is 9.90 Å². The van der Waals surface area contributed by atoms with Crippen molar-refractivity contribution in [3.8, 4) is 0 Å². The molecule has 2 rings (SSSR count). The molecule has 1 aliphatic rings. The Balaban J connectivity index is 2.51. The second-order valence-electron chi connectivity index (χ2n) is 5.27. The molecular weight excluding hydrogens is 236 g/mol. The number of hydrogen-bond donors (Lipinski definition) is 1. The van der Waals surface area contributed by atoms with Crippen LogP contribution in [0.5, 0.6) is 0 Å². The average molecular weight is 254 g/mol. The Morgan fingerprint density at radius 3 is 2.05 bits per heavy atom. The van der Waals surface area contributed by atoms with Gasteiger partial charge in [0.25, 0.3) is 0 Å². The van der Waals surface area contributed by atoms with E-state index in [1.807, 2.05) is 56.3 Å². The largest absolute Gasteiger partial charge is 0.480 e. The molecule has 0 fully saturated rings. The highest BCUT2D eigenvalue weighted by Gasteiger charge is 2.39. The van der Waals surface area contributed by atoms with E-state index in [1.165, 1.54) is 0 Å². The summed E-state index contributed by atoms with van der Waals surface area (Å²) in [4.78, 5) is 11.7. The van der Waals surface area contributed by atoms with Gasteiger partial charge in [-0.15, -0.1) is 0 Å². The van der Waals surface area contributed by atoms with Crippen LogP contribution in [0.4, 0.5) is 0 Å². The van der Waals surface area contributed by atoms with Crippen LogP contribution in [0.15, 0.2) is 66.8 Å². The molecule has 1 aliphatic carbocycles. The van der Waals surface area contributed by atoms with Crippen molar-refractivity contribution in [2.75, 3.05) is 0 Å². The predicted octanol–water partition coefficient (Wildman–Crippen LogP) is 3.72. The van der Waals surface area contributed by atoms with Crippen molar-refractivity contribution in [3.63, 3.8) is 0 Å². The Morgan fingerprint density at radius 1 is 1.11 bits per heavy atom. The molecule has 2 nitrogen and oxygen atoms in total. The van der Waals surface area contributed by atoms with Gasteiger partial charge in [0, 0.05) is 5.41 Å². The molecule has 0 heterocycles. The van der Waals surface area contributed by atoms with E-state index in [4.69, 9.17) is 0 Å².